The Hall–Kier alpha value is -3.08. The molecule has 0 amide bonds. The predicted octanol–water partition coefficient (Wildman–Crippen LogP) is 3.93. The molecule has 5 nitrogen and oxygen atoms in total. The van der Waals surface area contributed by atoms with Crippen molar-refractivity contribution in [3.8, 4) is 11.4 Å². The van der Waals surface area contributed by atoms with Crippen molar-refractivity contribution in [2.24, 2.45) is 4.99 Å². The lowest BCUT2D eigenvalue weighted by molar-refractivity contribution is 0.341. The summed E-state index contributed by atoms with van der Waals surface area (Å²) in [5, 5.41) is 3.11. The lowest BCUT2D eigenvalue weighted by atomic mass is 10.2. The van der Waals surface area contributed by atoms with Gasteiger partial charge in [0.2, 0.25) is 0 Å². The van der Waals surface area contributed by atoms with E-state index in [-0.39, 0.29) is 5.56 Å². The van der Waals surface area contributed by atoms with Crippen molar-refractivity contribution >= 4 is 11.9 Å². The van der Waals surface area contributed by atoms with Crippen LogP contribution in [0.15, 0.2) is 58.3 Å². The topological polar surface area (TPSA) is 59.4 Å². The van der Waals surface area contributed by atoms with E-state index >= 15 is 0 Å². The molecule has 3 aromatic rings. The number of ether oxygens (including phenoxy) is 1. The van der Waals surface area contributed by atoms with Crippen molar-refractivity contribution in [3.63, 3.8) is 0 Å². The van der Waals surface area contributed by atoms with Gasteiger partial charge < -0.3 is 4.74 Å². The number of aryl methyl sites for hydroxylation is 2. The lowest BCUT2D eigenvalue weighted by Crippen LogP contribution is -2.17. The minimum atomic E-state index is -0.126. The summed E-state index contributed by atoms with van der Waals surface area (Å²) in [6.45, 7) is 6.37. The van der Waals surface area contributed by atoms with Crippen molar-refractivity contribution < 1.29 is 4.74 Å². The van der Waals surface area contributed by atoms with Gasteiger partial charge in [-0.25, -0.2) is 4.68 Å². The van der Waals surface area contributed by atoms with Gasteiger partial charge in [-0.3, -0.25) is 14.9 Å². The molecule has 0 saturated carbocycles. The fourth-order valence-electron chi connectivity index (χ4n) is 2.56. The van der Waals surface area contributed by atoms with Crippen molar-refractivity contribution in [2.75, 3.05) is 6.61 Å². The first kappa shape index (κ1) is 16.8. The number of aromatic nitrogens is 2. The van der Waals surface area contributed by atoms with E-state index in [0.717, 1.165) is 16.9 Å². The Morgan fingerprint density at radius 2 is 1.84 bits per heavy atom. The number of benzene rings is 2. The smallest absolute Gasteiger partial charge is 0.280 e. The fourth-order valence-corrected chi connectivity index (χ4v) is 2.56. The Balaban J connectivity index is 1.97. The molecule has 0 radical (unpaired) electrons. The second kappa shape index (κ2) is 7.21. The summed E-state index contributed by atoms with van der Waals surface area (Å²) in [6, 6.07) is 15.3. The first-order chi connectivity index (χ1) is 12.1. The molecule has 0 saturated heterocycles. The Bertz CT molecular complexity index is 950. The van der Waals surface area contributed by atoms with E-state index in [1.807, 2.05) is 69.3 Å². The van der Waals surface area contributed by atoms with Crippen LogP contribution in [0.5, 0.6) is 5.75 Å². The molecule has 2 aromatic carbocycles. The zero-order valence-electron chi connectivity index (χ0n) is 14.6. The minimum absolute atomic E-state index is 0.126. The fraction of sp³-hybridized carbons (Fsp3) is 0.200. The van der Waals surface area contributed by atoms with E-state index in [0.29, 0.717) is 23.6 Å². The molecule has 1 aromatic heterocycles. The van der Waals surface area contributed by atoms with Crippen LogP contribution < -0.4 is 10.3 Å². The summed E-state index contributed by atoms with van der Waals surface area (Å²) in [5.41, 5.74) is 3.82. The second-order valence-electron chi connectivity index (χ2n) is 5.79. The molecular weight excluding hydrogens is 314 g/mol. The first-order valence-electron chi connectivity index (χ1n) is 8.24. The van der Waals surface area contributed by atoms with Gasteiger partial charge in [0.1, 0.15) is 11.4 Å². The maximum Gasteiger partial charge on any atom is 0.280 e. The van der Waals surface area contributed by atoms with Gasteiger partial charge in [0, 0.05) is 11.9 Å². The third-order valence-electron chi connectivity index (χ3n) is 3.91. The largest absolute Gasteiger partial charge is 0.492 e. The maximum atomic E-state index is 12.7. The summed E-state index contributed by atoms with van der Waals surface area (Å²) in [6.07, 6.45) is 1.59. The Morgan fingerprint density at radius 1 is 1.12 bits per heavy atom. The maximum absolute atomic E-state index is 12.7. The summed E-state index contributed by atoms with van der Waals surface area (Å²) < 4.78 is 7.10. The highest BCUT2D eigenvalue weighted by Crippen LogP contribution is 2.26. The highest BCUT2D eigenvalue weighted by Gasteiger charge is 2.11. The van der Waals surface area contributed by atoms with Crippen molar-refractivity contribution in [1.82, 2.24) is 9.78 Å². The average molecular weight is 335 g/mol. The lowest BCUT2D eigenvalue weighted by Gasteiger charge is -2.05. The van der Waals surface area contributed by atoms with Gasteiger partial charge in [0.25, 0.3) is 5.56 Å². The number of rotatable bonds is 5. The summed E-state index contributed by atoms with van der Waals surface area (Å²) in [7, 11) is 0. The third kappa shape index (κ3) is 3.55. The summed E-state index contributed by atoms with van der Waals surface area (Å²) in [5.74, 6) is 0.702. The van der Waals surface area contributed by atoms with Crippen LogP contribution in [-0.2, 0) is 0 Å². The highest BCUT2D eigenvalue weighted by molar-refractivity contribution is 5.83. The van der Waals surface area contributed by atoms with Gasteiger partial charge in [-0.1, -0.05) is 29.8 Å². The highest BCUT2D eigenvalue weighted by atomic mass is 16.5. The van der Waals surface area contributed by atoms with Gasteiger partial charge in [0.05, 0.1) is 17.9 Å². The number of H-pyrrole nitrogens is 1. The predicted molar refractivity (Wildman–Crippen MR) is 101 cm³/mol. The minimum Gasteiger partial charge on any atom is -0.492 e. The number of nitrogens with zero attached hydrogens (tertiary/aromatic N) is 2. The first-order valence-corrected chi connectivity index (χ1v) is 8.24. The van der Waals surface area contributed by atoms with E-state index in [1.165, 1.54) is 4.68 Å². The molecule has 5 heteroatoms. The van der Waals surface area contributed by atoms with Crippen LogP contribution in [0.4, 0.5) is 5.69 Å². The van der Waals surface area contributed by atoms with Crippen LogP contribution in [0.1, 0.15) is 23.7 Å². The number of aliphatic imine (C=N–C) groups is 1. The van der Waals surface area contributed by atoms with Crippen LogP contribution >= 0.6 is 0 Å². The van der Waals surface area contributed by atoms with E-state index in [9.17, 15) is 4.79 Å². The van der Waals surface area contributed by atoms with Crippen molar-refractivity contribution in [3.05, 3.63) is 75.7 Å². The summed E-state index contributed by atoms with van der Waals surface area (Å²) in [4.78, 5) is 17.2. The van der Waals surface area contributed by atoms with Crippen LogP contribution in [0.2, 0.25) is 0 Å². The molecule has 0 spiro atoms. The molecule has 25 heavy (non-hydrogen) atoms. The molecule has 0 bridgehead atoms. The number of hydrogen-bond donors (Lipinski definition) is 1. The molecule has 0 aliphatic rings. The molecular formula is C20H21N3O2. The molecule has 0 atom stereocenters. The van der Waals surface area contributed by atoms with E-state index in [2.05, 4.69) is 10.1 Å². The quantitative estimate of drug-likeness (QED) is 0.718. The van der Waals surface area contributed by atoms with Crippen molar-refractivity contribution in [2.45, 2.75) is 20.8 Å². The van der Waals surface area contributed by atoms with Crippen LogP contribution in [-0.4, -0.2) is 22.6 Å². The summed E-state index contributed by atoms with van der Waals surface area (Å²) >= 11 is 0. The molecule has 1 heterocycles. The van der Waals surface area contributed by atoms with Crippen molar-refractivity contribution in [1.29, 1.82) is 0 Å². The van der Waals surface area contributed by atoms with Crippen LogP contribution in [0, 0.1) is 13.8 Å². The average Bonchev–Trinajstić information content (AvgIpc) is 2.89. The van der Waals surface area contributed by atoms with Gasteiger partial charge in [-0.05, 0) is 45.0 Å². The molecule has 128 valence electrons. The molecule has 0 aliphatic carbocycles. The third-order valence-corrected chi connectivity index (χ3v) is 3.91. The van der Waals surface area contributed by atoms with Gasteiger partial charge in [-0.2, -0.15) is 0 Å². The van der Waals surface area contributed by atoms with Gasteiger partial charge >= 0.3 is 0 Å². The molecule has 0 fully saturated rings. The molecule has 3 rings (SSSR count). The van der Waals surface area contributed by atoms with Crippen LogP contribution in [0.3, 0.4) is 0 Å². The number of para-hydroxylation sites is 2. The monoisotopic (exact) mass is 335 g/mol. The zero-order valence-corrected chi connectivity index (χ0v) is 14.6. The number of aromatic amines is 1. The van der Waals surface area contributed by atoms with Gasteiger partial charge in [0.15, 0.2) is 0 Å². The Kier molecular flexibility index (Phi) is 4.84. The number of hydrogen-bond acceptors (Lipinski definition) is 3. The van der Waals surface area contributed by atoms with Gasteiger partial charge in [-0.15, -0.1) is 0 Å². The molecule has 1 N–H and O–H groups in total. The molecule has 0 unspecified atom stereocenters. The number of nitrogens with one attached hydrogen (secondary N) is 1. The standard InChI is InChI=1S/C20H21N3O2/c1-4-25-19-8-6-5-7-18(19)21-13-17-15(3)22-23(20(17)24)16-11-9-14(2)10-12-16/h5-13,22H,4H2,1-3H3. The van der Waals surface area contributed by atoms with E-state index < -0.39 is 0 Å². The van der Waals surface area contributed by atoms with E-state index in [4.69, 9.17) is 4.74 Å². The molecule has 0 aliphatic heterocycles. The van der Waals surface area contributed by atoms with Crippen LogP contribution in [0.25, 0.3) is 5.69 Å². The SMILES string of the molecule is CCOc1ccccc1N=Cc1c(C)[nH]n(-c2ccc(C)cc2)c1=O. The van der Waals surface area contributed by atoms with E-state index in [1.54, 1.807) is 6.21 Å². The zero-order chi connectivity index (χ0) is 17.8. The Morgan fingerprint density at radius 3 is 2.56 bits per heavy atom. The second-order valence-corrected chi connectivity index (χ2v) is 5.79. The Labute approximate surface area is 146 Å². The normalized spacial score (nSPS) is 11.2.